The third-order valence-electron chi connectivity index (χ3n) is 3.63. The number of hydrogen-bond acceptors (Lipinski definition) is 4. The largest absolute Gasteiger partial charge is 0.496 e. The summed E-state index contributed by atoms with van der Waals surface area (Å²) >= 11 is 1.60. The fraction of sp³-hybridized carbons (Fsp3) is 0.111. The molecule has 0 saturated carbocycles. The second-order valence-corrected chi connectivity index (χ2v) is 5.82. The third-order valence-corrected chi connectivity index (χ3v) is 4.36. The van der Waals surface area contributed by atoms with Crippen LogP contribution in [0.1, 0.15) is 10.4 Å². The molecule has 0 aliphatic carbocycles. The molecule has 0 amide bonds. The van der Waals surface area contributed by atoms with Crippen LogP contribution in [0.3, 0.4) is 0 Å². The van der Waals surface area contributed by atoms with Crippen molar-refractivity contribution in [2.24, 2.45) is 0 Å². The smallest absolute Gasteiger partial charge is 0.336 e. The van der Waals surface area contributed by atoms with Gasteiger partial charge in [-0.25, -0.2) is 9.78 Å². The number of hydrogen-bond donors (Lipinski definition) is 1. The Hall–Kier alpha value is -2.53. The lowest BCUT2D eigenvalue weighted by Gasteiger charge is -2.11. The topological polar surface area (TPSA) is 59.4 Å². The Labute approximate surface area is 138 Å². The molecule has 3 aromatic rings. The van der Waals surface area contributed by atoms with Gasteiger partial charge in [-0.1, -0.05) is 18.2 Å². The van der Waals surface area contributed by atoms with Gasteiger partial charge in [-0.2, -0.15) is 0 Å². The third kappa shape index (κ3) is 2.87. The van der Waals surface area contributed by atoms with Gasteiger partial charge in [0.15, 0.2) is 0 Å². The molecular formula is C18H15NO3S. The van der Waals surface area contributed by atoms with Crippen molar-refractivity contribution >= 4 is 28.6 Å². The number of para-hydroxylation sites is 1. The van der Waals surface area contributed by atoms with E-state index in [2.05, 4.69) is 4.98 Å². The van der Waals surface area contributed by atoms with E-state index in [-0.39, 0.29) is 5.56 Å². The van der Waals surface area contributed by atoms with Crippen molar-refractivity contribution in [2.45, 2.75) is 4.90 Å². The highest BCUT2D eigenvalue weighted by atomic mass is 32.2. The molecule has 0 fully saturated rings. The molecular weight excluding hydrogens is 310 g/mol. The van der Waals surface area contributed by atoms with E-state index in [1.54, 1.807) is 24.9 Å². The molecule has 1 N–H and O–H groups in total. The predicted molar refractivity (Wildman–Crippen MR) is 92.5 cm³/mol. The van der Waals surface area contributed by atoms with Crippen LogP contribution in [0.4, 0.5) is 0 Å². The highest BCUT2D eigenvalue weighted by molar-refractivity contribution is 7.98. The first-order chi connectivity index (χ1) is 11.1. The molecule has 1 aromatic heterocycles. The molecule has 3 rings (SSSR count). The number of methoxy groups -OCH3 is 1. The van der Waals surface area contributed by atoms with Crippen molar-refractivity contribution < 1.29 is 14.6 Å². The van der Waals surface area contributed by atoms with Gasteiger partial charge in [-0.15, -0.1) is 11.8 Å². The van der Waals surface area contributed by atoms with Gasteiger partial charge in [0.2, 0.25) is 0 Å². The van der Waals surface area contributed by atoms with E-state index >= 15 is 0 Å². The Morgan fingerprint density at radius 3 is 2.65 bits per heavy atom. The van der Waals surface area contributed by atoms with Gasteiger partial charge in [-0.05, 0) is 36.6 Å². The molecule has 0 saturated heterocycles. The fourth-order valence-electron chi connectivity index (χ4n) is 2.51. The van der Waals surface area contributed by atoms with Gasteiger partial charge in [-0.3, -0.25) is 0 Å². The van der Waals surface area contributed by atoms with Crippen LogP contribution in [-0.2, 0) is 0 Å². The van der Waals surface area contributed by atoms with Crippen molar-refractivity contribution in [1.82, 2.24) is 4.98 Å². The summed E-state index contributed by atoms with van der Waals surface area (Å²) in [5.74, 6) is -0.304. The number of aromatic carboxylic acids is 1. The maximum absolute atomic E-state index is 11.6. The molecule has 0 bridgehead atoms. The molecule has 2 aromatic carbocycles. The second-order valence-electron chi connectivity index (χ2n) is 4.94. The SMILES string of the molecule is COc1ccccc1-c1cc(C(=O)O)c2ccc(SC)cc2n1. The van der Waals surface area contributed by atoms with E-state index in [9.17, 15) is 9.90 Å². The first kappa shape index (κ1) is 15.4. The average Bonchev–Trinajstić information content (AvgIpc) is 2.59. The van der Waals surface area contributed by atoms with Crippen LogP contribution in [0.25, 0.3) is 22.2 Å². The van der Waals surface area contributed by atoms with E-state index in [0.717, 1.165) is 10.5 Å². The number of aromatic nitrogens is 1. The molecule has 4 nitrogen and oxygen atoms in total. The fourth-order valence-corrected chi connectivity index (χ4v) is 2.94. The first-order valence-electron chi connectivity index (χ1n) is 6.99. The van der Waals surface area contributed by atoms with Crippen molar-refractivity contribution in [3.63, 3.8) is 0 Å². The quantitative estimate of drug-likeness (QED) is 0.723. The van der Waals surface area contributed by atoms with Crippen molar-refractivity contribution in [3.8, 4) is 17.0 Å². The zero-order valence-corrected chi connectivity index (χ0v) is 13.6. The first-order valence-corrected chi connectivity index (χ1v) is 8.22. The molecule has 116 valence electrons. The number of rotatable bonds is 4. The average molecular weight is 325 g/mol. The van der Waals surface area contributed by atoms with Gasteiger partial charge >= 0.3 is 5.97 Å². The van der Waals surface area contributed by atoms with E-state index in [1.165, 1.54) is 0 Å². The number of thioether (sulfide) groups is 1. The van der Waals surface area contributed by atoms with Crippen LogP contribution in [0, 0.1) is 0 Å². The number of carbonyl (C=O) groups is 1. The lowest BCUT2D eigenvalue weighted by molar-refractivity contribution is 0.0699. The molecule has 23 heavy (non-hydrogen) atoms. The standard InChI is InChI=1S/C18H15NO3S/c1-22-17-6-4-3-5-13(17)16-10-14(18(20)21)12-8-7-11(23-2)9-15(12)19-16/h3-10H,1-2H3,(H,20,21). The van der Waals surface area contributed by atoms with Crippen LogP contribution < -0.4 is 4.74 Å². The molecule has 5 heteroatoms. The van der Waals surface area contributed by atoms with Crippen LogP contribution in [-0.4, -0.2) is 29.4 Å². The maximum atomic E-state index is 11.6. The zero-order chi connectivity index (χ0) is 16.4. The number of nitrogens with zero attached hydrogens (tertiary/aromatic N) is 1. The summed E-state index contributed by atoms with van der Waals surface area (Å²) in [4.78, 5) is 17.3. The molecule has 0 spiro atoms. The monoisotopic (exact) mass is 325 g/mol. The van der Waals surface area contributed by atoms with Crippen LogP contribution in [0.5, 0.6) is 5.75 Å². The summed E-state index contributed by atoms with van der Waals surface area (Å²) in [5, 5.41) is 10.2. The van der Waals surface area contributed by atoms with Gasteiger partial charge in [0.1, 0.15) is 5.75 Å². The van der Waals surface area contributed by atoms with Gasteiger partial charge in [0, 0.05) is 15.8 Å². The minimum absolute atomic E-state index is 0.239. The molecule has 0 atom stereocenters. The highest BCUT2D eigenvalue weighted by Gasteiger charge is 2.15. The zero-order valence-electron chi connectivity index (χ0n) is 12.7. The van der Waals surface area contributed by atoms with E-state index in [1.807, 2.05) is 48.7 Å². The summed E-state index contributed by atoms with van der Waals surface area (Å²) in [6, 6.07) is 14.7. The summed E-state index contributed by atoms with van der Waals surface area (Å²) in [6.45, 7) is 0. The molecule has 0 unspecified atom stereocenters. The van der Waals surface area contributed by atoms with Gasteiger partial charge < -0.3 is 9.84 Å². The summed E-state index contributed by atoms with van der Waals surface area (Å²) < 4.78 is 5.37. The Balaban J connectivity index is 2.31. The van der Waals surface area contributed by atoms with Crippen molar-refractivity contribution in [1.29, 1.82) is 0 Å². The number of ether oxygens (including phenoxy) is 1. The Bertz CT molecular complexity index is 893. The number of benzene rings is 2. The number of fused-ring (bicyclic) bond motifs is 1. The van der Waals surface area contributed by atoms with E-state index in [4.69, 9.17) is 4.74 Å². The van der Waals surface area contributed by atoms with Crippen LogP contribution >= 0.6 is 11.8 Å². The lowest BCUT2D eigenvalue weighted by atomic mass is 10.0. The number of carboxylic acids is 1. The highest BCUT2D eigenvalue weighted by Crippen LogP contribution is 2.32. The van der Waals surface area contributed by atoms with Crippen LogP contribution in [0.2, 0.25) is 0 Å². The molecule has 0 aliphatic heterocycles. The molecule has 0 aliphatic rings. The Morgan fingerprint density at radius 2 is 1.96 bits per heavy atom. The summed E-state index contributed by atoms with van der Waals surface area (Å²) in [7, 11) is 1.59. The van der Waals surface area contributed by atoms with Crippen molar-refractivity contribution in [3.05, 3.63) is 54.1 Å². The minimum atomic E-state index is -0.967. The van der Waals surface area contributed by atoms with E-state index < -0.39 is 5.97 Å². The number of carboxylic acid groups (broad SMARTS) is 1. The number of pyridine rings is 1. The summed E-state index contributed by atoms with van der Waals surface area (Å²) in [6.07, 6.45) is 1.98. The van der Waals surface area contributed by atoms with Crippen molar-refractivity contribution in [2.75, 3.05) is 13.4 Å². The van der Waals surface area contributed by atoms with Gasteiger partial charge in [0.05, 0.1) is 23.9 Å². The Kier molecular flexibility index (Phi) is 4.21. The second kappa shape index (κ2) is 6.30. The van der Waals surface area contributed by atoms with E-state index in [0.29, 0.717) is 22.3 Å². The molecule has 0 radical (unpaired) electrons. The predicted octanol–water partition coefficient (Wildman–Crippen LogP) is 4.33. The summed E-state index contributed by atoms with van der Waals surface area (Å²) in [5.41, 5.74) is 2.26. The minimum Gasteiger partial charge on any atom is -0.496 e. The van der Waals surface area contributed by atoms with Crippen LogP contribution in [0.15, 0.2) is 53.4 Å². The Morgan fingerprint density at radius 1 is 1.17 bits per heavy atom. The van der Waals surface area contributed by atoms with Gasteiger partial charge in [0.25, 0.3) is 0 Å². The maximum Gasteiger partial charge on any atom is 0.336 e. The lowest BCUT2D eigenvalue weighted by Crippen LogP contribution is -2.01. The normalized spacial score (nSPS) is 10.7. The molecule has 1 heterocycles.